The minimum absolute atomic E-state index is 0.156. The molecule has 3 rings (SSSR count). The van der Waals surface area contributed by atoms with Crippen LogP contribution in [0.15, 0.2) is 18.2 Å². The lowest BCUT2D eigenvalue weighted by Gasteiger charge is -2.24. The van der Waals surface area contributed by atoms with Crippen LogP contribution in [0.2, 0.25) is 0 Å². The molecule has 2 heterocycles. The monoisotopic (exact) mass is 474 g/mol. The van der Waals surface area contributed by atoms with E-state index in [9.17, 15) is 19.2 Å². The van der Waals surface area contributed by atoms with E-state index in [0.29, 0.717) is 27.6 Å². The first-order chi connectivity index (χ1) is 15.7. The summed E-state index contributed by atoms with van der Waals surface area (Å²) in [7, 11) is 1.49. The van der Waals surface area contributed by atoms with E-state index in [-0.39, 0.29) is 29.0 Å². The van der Waals surface area contributed by atoms with Gasteiger partial charge in [-0.3, -0.25) is 14.4 Å². The number of hydrogen-bond donors (Lipinski definition) is 4. The van der Waals surface area contributed by atoms with Crippen molar-refractivity contribution in [2.75, 3.05) is 29.6 Å². The Morgan fingerprint density at radius 1 is 1.30 bits per heavy atom. The van der Waals surface area contributed by atoms with Crippen LogP contribution in [0.25, 0.3) is 0 Å². The van der Waals surface area contributed by atoms with Gasteiger partial charge in [0.25, 0.3) is 11.8 Å². The van der Waals surface area contributed by atoms with Gasteiger partial charge >= 0.3 is 5.97 Å². The molecule has 3 amide bonds. The van der Waals surface area contributed by atoms with E-state index in [2.05, 4.69) is 21.3 Å². The highest BCUT2D eigenvalue weighted by Crippen LogP contribution is 2.35. The van der Waals surface area contributed by atoms with E-state index < -0.39 is 24.0 Å². The quantitative estimate of drug-likeness (QED) is 0.453. The molecular formula is C22H26N4O6S. The molecule has 0 radical (unpaired) electrons. The van der Waals surface area contributed by atoms with Gasteiger partial charge in [0.1, 0.15) is 16.8 Å². The summed E-state index contributed by atoms with van der Waals surface area (Å²) < 4.78 is 10.6. The third kappa shape index (κ3) is 5.08. The van der Waals surface area contributed by atoms with Gasteiger partial charge in [0.05, 0.1) is 22.7 Å². The van der Waals surface area contributed by atoms with Crippen molar-refractivity contribution in [3.63, 3.8) is 0 Å². The molecule has 1 aliphatic heterocycles. The number of hydrogen-bond acceptors (Lipinski definition) is 8. The Kier molecular flexibility index (Phi) is 7.22. The lowest BCUT2D eigenvalue weighted by molar-refractivity contribution is -0.122. The van der Waals surface area contributed by atoms with Crippen LogP contribution in [0.3, 0.4) is 0 Å². The largest absolute Gasteiger partial charge is 0.479 e. The molecule has 4 N–H and O–H groups in total. The van der Waals surface area contributed by atoms with Crippen LogP contribution >= 0.6 is 11.3 Å². The van der Waals surface area contributed by atoms with Gasteiger partial charge < -0.3 is 30.7 Å². The van der Waals surface area contributed by atoms with Crippen LogP contribution in [0.4, 0.5) is 16.4 Å². The van der Waals surface area contributed by atoms with Crippen LogP contribution in [0, 0.1) is 6.92 Å². The molecule has 0 unspecified atom stereocenters. The summed E-state index contributed by atoms with van der Waals surface area (Å²) in [4.78, 5) is 49.7. The zero-order chi connectivity index (χ0) is 24.3. The number of esters is 1. The molecule has 0 saturated carbocycles. The molecule has 0 fully saturated rings. The molecule has 33 heavy (non-hydrogen) atoms. The fourth-order valence-electron chi connectivity index (χ4n) is 3.21. The smallest absolute Gasteiger partial charge is 0.341 e. The van der Waals surface area contributed by atoms with Crippen molar-refractivity contribution in [2.24, 2.45) is 0 Å². The average Bonchev–Trinajstić information content (AvgIpc) is 3.10. The topological polar surface area (TPSA) is 135 Å². The summed E-state index contributed by atoms with van der Waals surface area (Å²) >= 11 is 1.01. The van der Waals surface area contributed by atoms with Gasteiger partial charge in [0.2, 0.25) is 5.91 Å². The van der Waals surface area contributed by atoms with E-state index in [0.717, 1.165) is 11.3 Å². The maximum absolute atomic E-state index is 12.9. The number of carbonyl (C=O) groups excluding carboxylic acids is 4. The predicted molar refractivity (Wildman–Crippen MR) is 125 cm³/mol. The third-order valence-corrected chi connectivity index (χ3v) is 6.19. The third-order valence-electron chi connectivity index (χ3n) is 4.98. The highest BCUT2D eigenvalue weighted by Gasteiger charge is 2.28. The van der Waals surface area contributed by atoms with Crippen LogP contribution in [0.1, 0.15) is 46.4 Å². The first-order valence-electron chi connectivity index (χ1n) is 10.4. The maximum Gasteiger partial charge on any atom is 0.341 e. The van der Waals surface area contributed by atoms with Crippen molar-refractivity contribution in [3.8, 4) is 5.75 Å². The van der Waals surface area contributed by atoms with Crippen molar-refractivity contribution in [1.29, 1.82) is 0 Å². The van der Waals surface area contributed by atoms with Crippen LogP contribution in [0.5, 0.6) is 5.75 Å². The first kappa shape index (κ1) is 24.1. The maximum atomic E-state index is 12.9. The van der Waals surface area contributed by atoms with Crippen molar-refractivity contribution >= 4 is 51.4 Å². The molecule has 0 aliphatic carbocycles. The molecule has 0 bridgehead atoms. The molecule has 0 spiro atoms. The van der Waals surface area contributed by atoms with Crippen molar-refractivity contribution in [1.82, 2.24) is 5.32 Å². The Labute approximate surface area is 195 Å². The SMILES string of the molecule is CCOC(=O)c1c(NC(=O)[C@H](C)Nc2ccc3c(c2)NC(=O)[C@@H](C)O3)sc(C(=O)NC)c1C. The van der Waals surface area contributed by atoms with E-state index >= 15 is 0 Å². The summed E-state index contributed by atoms with van der Waals surface area (Å²) in [6.07, 6.45) is -0.580. The molecule has 1 aromatic carbocycles. The van der Waals surface area contributed by atoms with Crippen molar-refractivity contribution in [3.05, 3.63) is 34.2 Å². The number of fused-ring (bicyclic) bond motifs is 1. The average molecular weight is 475 g/mol. The Morgan fingerprint density at radius 3 is 2.70 bits per heavy atom. The van der Waals surface area contributed by atoms with Gasteiger partial charge in [0, 0.05) is 12.7 Å². The fraction of sp³-hybridized carbons (Fsp3) is 0.364. The summed E-state index contributed by atoms with van der Waals surface area (Å²) in [6, 6.07) is 4.40. The number of nitrogens with one attached hydrogen (secondary N) is 4. The summed E-state index contributed by atoms with van der Waals surface area (Å²) in [5.41, 5.74) is 1.69. The summed E-state index contributed by atoms with van der Waals surface area (Å²) in [5, 5.41) is 11.3. The second kappa shape index (κ2) is 9.90. The first-order valence-corrected chi connectivity index (χ1v) is 11.2. The number of ether oxygens (including phenoxy) is 2. The number of thiophene rings is 1. The second-order valence-corrected chi connectivity index (χ2v) is 8.40. The number of carbonyl (C=O) groups is 4. The van der Waals surface area contributed by atoms with Crippen molar-refractivity contribution < 1.29 is 28.7 Å². The van der Waals surface area contributed by atoms with Crippen LogP contribution in [-0.4, -0.2) is 49.5 Å². The van der Waals surface area contributed by atoms with Crippen LogP contribution < -0.4 is 26.0 Å². The summed E-state index contributed by atoms with van der Waals surface area (Å²) in [5.74, 6) is -1.10. The Balaban J connectivity index is 1.78. The minimum Gasteiger partial charge on any atom is -0.479 e. The lowest BCUT2D eigenvalue weighted by atomic mass is 10.1. The molecule has 11 heteroatoms. The molecule has 2 aromatic rings. The van der Waals surface area contributed by atoms with Gasteiger partial charge in [0.15, 0.2) is 6.10 Å². The van der Waals surface area contributed by atoms with Gasteiger partial charge in [-0.1, -0.05) is 0 Å². The Hall–Kier alpha value is -3.60. The molecule has 2 atom stereocenters. The molecule has 176 valence electrons. The zero-order valence-corrected chi connectivity index (χ0v) is 19.8. The number of benzene rings is 1. The number of rotatable bonds is 7. The van der Waals surface area contributed by atoms with Crippen molar-refractivity contribution in [2.45, 2.75) is 39.8 Å². The van der Waals surface area contributed by atoms with Crippen LogP contribution in [-0.2, 0) is 14.3 Å². The molecule has 0 saturated heterocycles. The van der Waals surface area contributed by atoms with E-state index in [1.54, 1.807) is 45.9 Å². The molecule has 1 aromatic heterocycles. The number of amides is 3. The highest BCUT2D eigenvalue weighted by atomic mass is 32.1. The Bertz CT molecular complexity index is 1110. The fourth-order valence-corrected chi connectivity index (χ4v) is 4.36. The predicted octanol–water partition coefficient (Wildman–Crippen LogP) is 2.75. The Morgan fingerprint density at radius 2 is 2.03 bits per heavy atom. The molecule has 1 aliphatic rings. The van der Waals surface area contributed by atoms with E-state index in [4.69, 9.17) is 9.47 Å². The molecule has 10 nitrogen and oxygen atoms in total. The van der Waals surface area contributed by atoms with Gasteiger partial charge in [-0.15, -0.1) is 11.3 Å². The van der Waals surface area contributed by atoms with Gasteiger partial charge in [-0.2, -0.15) is 0 Å². The highest BCUT2D eigenvalue weighted by molar-refractivity contribution is 7.18. The number of anilines is 3. The van der Waals surface area contributed by atoms with Gasteiger partial charge in [-0.05, 0) is 51.5 Å². The van der Waals surface area contributed by atoms with E-state index in [1.807, 2.05) is 0 Å². The van der Waals surface area contributed by atoms with Gasteiger partial charge in [-0.25, -0.2) is 4.79 Å². The normalized spacial score (nSPS) is 15.4. The summed E-state index contributed by atoms with van der Waals surface area (Å²) in [6.45, 7) is 6.77. The van der Waals surface area contributed by atoms with E-state index in [1.165, 1.54) is 7.05 Å². The zero-order valence-electron chi connectivity index (χ0n) is 19.0. The second-order valence-electron chi connectivity index (χ2n) is 7.38. The minimum atomic E-state index is -0.705. The molecular weight excluding hydrogens is 448 g/mol. The lowest BCUT2D eigenvalue weighted by Crippen LogP contribution is -2.34. The standard InChI is InChI=1S/C22H26N4O6S/c1-6-31-22(30)16-10(2)17(20(29)23-5)33-21(16)26-18(27)11(3)24-13-7-8-15-14(9-13)25-19(28)12(4)32-15/h7-9,11-12,24H,6H2,1-5H3,(H,23,29)(H,25,28)(H,26,27)/t11-,12+/m0/s1.